The molecule has 0 saturated heterocycles. The molecule has 0 aromatic rings. The normalized spacial score (nSPS) is 9.86. The smallest absolute Gasteiger partial charge is 0.0471 e. The summed E-state index contributed by atoms with van der Waals surface area (Å²) in [5, 5.41) is 0. The van der Waals surface area contributed by atoms with Gasteiger partial charge in [-0.3, -0.25) is 0 Å². The minimum atomic E-state index is 0.903. The van der Waals surface area contributed by atoms with Gasteiger partial charge in [0, 0.05) is 0 Å². The summed E-state index contributed by atoms with van der Waals surface area (Å²) in [5.74, 6) is 0.903. The van der Waals surface area contributed by atoms with Crippen LogP contribution < -0.4 is 0 Å². The topological polar surface area (TPSA) is 0 Å². The van der Waals surface area contributed by atoms with Crippen LogP contribution >= 0.6 is 0 Å². The van der Waals surface area contributed by atoms with Crippen LogP contribution in [0.15, 0.2) is 0 Å². The Morgan fingerprint density at radius 3 is 1.29 bits per heavy atom. The fourth-order valence-corrected chi connectivity index (χ4v) is 1.29. The quantitative estimate of drug-likeness (QED) is 0.455. The van der Waals surface area contributed by atoms with Crippen LogP contribution in [0.3, 0.4) is 0 Å². The Kier molecular flexibility index (Phi) is 18.2. The fraction of sp³-hybridized carbons (Fsp3) is 1.00. The zero-order valence-corrected chi connectivity index (χ0v) is 11.2. The SMILES string of the molecule is CCCCC(C)C.CCCCCCC. The summed E-state index contributed by atoms with van der Waals surface area (Å²) in [6, 6.07) is 0. The van der Waals surface area contributed by atoms with Gasteiger partial charge in [0.1, 0.15) is 0 Å². The van der Waals surface area contributed by atoms with Gasteiger partial charge in [0.15, 0.2) is 0 Å². The van der Waals surface area contributed by atoms with Crippen LogP contribution in [-0.2, 0) is 0 Å². The van der Waals surface area contributed by atoms with Gasteiger partial charge >= 0.3 is 0 Å². The van der Waals surface area contributed by atoms with Crippen LogP contribution in [0.25, 0.3) is 0 Å². The first-order valence-corrected chi connectivity index (χ1v) is 6.68. The highest BCUT2D eigenvalue weighted by atomic mass is 13.9. The lowest BCUT2D eigenvalue weighted by Crippen LogP contribution is -1.83. The Balaban J connectivity index is 0. The molecule has 0 bridgehead atoms. The Bertz CT molecular complexity index is 70.1. The first-order valence-electron chi connectivity index (χ1n) is 6.68. The van der Waals surface area contributed by atoms with Gasteiger partial charge in [-0.25, -0.2) is 0 Å². The molecular weight excluding hydrogens is 168 g/mol. The second kappa shape index (κ2) is 15.5. The molecule has 0 N–H and O–H groups in total. The van der Waals surface area contributed by atoms with Crippen molar-refractivity contribution in [2.75, 3.05) is 0 Å². The summed E-state index contributed by atoms with van der Waals surface area (Å²) < 4.78 is 0. The Morgan fingerprint density at radius 1 is 0.643 bits per heavy atom. The monoisotopic (exact) mass is 200 g/mol. The second-order valence-electron chi connectivity index (χ2n) is 4.60. The van der Waals surface area contributed by atoms with Crippen LogP contribution in [0.4, 0.5) is 0 Å². The molecule has 0 heterocycles. The van der Waals surface area contributed by atoms with Crippen molar-refractivity contribution in [3.63, 3.8) is 0 Å². The van der Waals surface area contributed by atoms with Gasteiger partial charge in [-0.15, -0.1) is 0 Å². The van der Waals surface area contributed by atoms with Gasteiger partial charge in [-0.1, -0.05) is 86.0 Å². The van der Waals surface area contributed by atoms with Crippen molar-refractivity contribution < 1.29 is 0 Å². The lowest BCUT2D eigenvalue weighted by atomic mass is 10.1. The van der Waals surface area contributed by atoms with Gasteiger partial charge in [-0.05, 0) is 5.92 Å². The lowest BCUT2D eigenvalue weighted by molar-refractivity contribution is 0.550. The van der Waals surface area contributed by atoms with E-state index in [1.165, 1.54) is 51.4 Å². The second-order valence-corrected chi connectivity index (χ2v) is 4.60. The minimum Gasteiger partial charge on any atom is -0.0654 e. The van der Waals surface area contributed by atoms with E-state index in [9.17, 15) is 0 Å². The average Bonchev–Trinajstić information content (AvgIpc) is 2.16. The van der Waals surface area contributed by atoms with Crippen molar-refractivity contribution in [2.45, 2.75) is 86.0 Å². The maximum Gasteiger partial charge on any atom is -0.0471 e. The summed E-state index contributed by atoms with van der Waals surface area (Å²) in [4.78, 5) is 0. The molecular formula is C14H32. The molecule has 88 valence electrons. The molecule has 0 aliphatic rings. The highest BCUT2D eigenvalue weighted by molar-refractivity contribution is 4.42. The molecule has 14 heavy (non-hydrogen) atoms. The van der Waals surface area contributed by atoms with E-state index in [2.05, 4.69) is 34.6 Å². The van der Waals surface area contributed by atoms with Gasteiger partial charge in [0.05, 0.1) is 0 Å². The molecule has 0 radical (unpaired) electrons. The zero-order valence-electron chi connectivity index (χ0n) is 11.2. The molecule has 0 atom stereocenters. The first-order chi connectivity index (χ1) is 6.68. The molecule has 0 aliphatic carbocycles. The number of unbranched alkanes of at least 4 members (excludes halogenated alkanes) is 5. The minimum absolute atomic E-state index is 0.903. The van der Waals surface area contributed by atoms with Crippen molar-refractivity contribution in [2.24, 2.45) is 5.92 Å². The van der Waals surface area contributed by atoms with Crippen molar-refractivity contribution in [1.29, 1.82) is 0 Å². The van der Waals surface area contributed by atoms with Crippen LogP contribution in [-0.4, -0.2) is 0 Å². The van der Waals surface area contributed by atoms with Crippen molar-refractivity contribution >= 4 is 0 Å². The first kappa shape index (κ1) is 16.4. The molecule has 0 heteroatoms. The maximum atomic E-state index is 2.27. The predicted molar refractivity (Wildman–Crippen MR) is 68.8 cm³/mol. The van der Waals surface area contributed by atoms with Gasteiger partial charge in [0.2, 0.25) is 0 Å². The Hall–Kier alpha value is 0. The van der Waals surface area contributed by atoms with Crippen LogP contribution in [0.2, 0.25) is 0 Å². The van der Waals surface area contributed by atoms with E-state index >= 15 is 0 Å². The molecule has 0 saturated carbocycles. The molecule has 0 fully saturated rings. The van der Waals surface area contributed by atoms with Gasteiger partial charge in [-0.2, -0.15) is 0 Å². The number of rotatable bonds is 7. The standard InChI is InChI=1S/2C7H16/c1-4-5-6-7(2)3;1-3-5-7-6-4-2/h7H,4-6H2,1-3H3;3-7H2,1-2H3. The highest BCUT2D eigenvalue weighted by Gasteiger charge is 1.88. The van der Waals surface area contributed by atoms with E-state index in [1.807, 2.05) is 0 Å². The van der Waals surface area contributed by atoms with Crippen LogP contribution in [0.5, 0.6) is 0 Å². The van der Waals surface area contributed by atoms with E-state index in [4.69, 9.17) is 0 Å². The van der Waals surface area contributed by atoms with E-state index in [1.54, 1.807) is 0 Å². The summed E-state index contributed by atoms with van der Waals surface area (Å²) in [6.45, 7) is 11.3. The maximum absolute atomic E-state index is 2.27. The molecule has 0 aromatic carbocycles. The van der Waals surface area contributed by atoms with Crippen molar-refractivity contribution in [3.8, 4) is 0 Å². The average molecular weight is 200 g/mol. The molecule has 0 spiro atoms. The summed E-state index contributed by atoms with van der Waals surface area (Å²) in [6.07, 6.45) is 11.2. The van der Waals surface area contributed by atoms with Crippen molar-refractivity contribution in [3.05, 3.63) is 0 Å². The fourth-order valence-electron chi connectivity index (χ4n) is 1.29. The molecule has 0 aromatic heterocycles. The number of hydrogen-bond acceptors (Lipinski definition) is 0. The van der Waals surface area contributed by atoms with Crippen LogP contribution in [0, 0.1) is 5.92 Å². The molecule has 0 nitrogen and oxygen atoms in total. The van der Waals surface area contributed by atoms with Crippen molar-refractivity contribution in [1.82, 2.24) is 0 Å². The predicted octanol–water partition coefficient (Wildman–Crippen LogP) is 5.81. The molecule has 0 unspecified atom stereocenters. The molecule has 0 rings (SSSR count). The van der Waals surface area contributed by atoms with Crippen LogP contribution in [0.1, 0.15) is 86.0 Å². The third-order valence-electron chi connectivity index (χ3n) is 2.34. The van der Waals surface area contributed by atoms with Gasteiger partial charge in [0.25, 0.3) is 0 Å². The Morgan fingerprint density at radius 2 is 1.07 bits per heavy atom. The third-order valence-corrected chi connectivity index (χ3v) is 2.34. The van der Waals surface area contributed by atoms with E-state index < -0.39 is 0 Å². The van der Waals surface area contributed by atoms with E-state index in [0.29, 0.717) is 0 Å². The van der Waals surface area contributed by atoms with E-state index in [0.717, 1.165) is 5.92 Å². The summed E-state index contributed by atoms with van der Waals surface area (Å²) in [5.41, 5.74) is 0. The largest absolute Gasteiger partial charge is 0.0654 e. The highest BCUT2D eigenvalue weighted by Crippen LogP contribution is 2.04. The summed E-state index contributed by atoms with van der Waals surface area (Å²) in [7, 11) is 0. The Labute approximate surface area is 92.5 Å². The number of hydrogen-bond donors (Lipinski definition) is 0. The third kappa shape index (κ3) is 22.7. The molecule has 0 amide bonds. The van der Waals surface area contributed by atoms with E-state index in [-0.39, 0.29) is 0 Å². The lowest BCUT2D eigenvalue weighted by Gasteiger charge is -1.98. The molecule has 0 aliphatic heterocycles. The summed E-state index contributed by atoms with van der Waals surface area (Å²) >= 11 is 0. The van der Waals surface area contributed by atoms with Gasteiger partial charge < -0.3 is 0 Å². The zero-order chi connectivity index (χ0) is 11.2.